The van der Waals surface area contributed by atoms with E-state index >= 15 is 0 Å². The fourth-order valence-corrected chi connectivity index (χ4v) is 5.53. The normalized spacial score (nSPS) is 22.5. The molecule has 170 valence electrons. The number of rotatable bonds is 7. The third kappa shape index (κ3) is 3.83. The number of carbonyl (C=O) groups is 1. The highest BCUT2D eigenvalue weighted by atomic mass is 16.6. The van der Waals surface area contributed by atoms with E-state index in [4.69, 9.17) is 4.74 Å². The molecule has 33 heavy (non-hydrogen) atoms. The smallest absolute Gasteiger partial charge is 0.347 e. The van der Waals surface area contributed by atoms with E-state index in [1.165, 1.54) is 0 Å². The van der Waals surface area contributed by atoms with Crippen molar-refractivity contribution in [1.82, 2.24) is 9.97 Å². The van der Waals surface area contributed by atoms with Crippen molar-refractivity contribution in [2.75, 3.05) is 26.7 Å². The summed E-state index contributed by atoms with van der Waals surface area (Å²) in [5.41, 5.74) is 2.22. The molecule has 0 amide bonds. The van der Waals surface area contributed by atoms with Gasteiger partial charge in [-0.15, -0.1) is 0 Å². The Kier molecular flexibility index (Phi) is 5.72. The number of likely N-dealkylation sites (tertiary alicyclic amines) is 1. The van der Waals surface area contributed by atoms with Gasteiger partial charge in [-0.2, -0.15) is 0 Å². The number of hydrogen-bond acceptors (Lipinski definition) is 5. The highest BCUT2D eigenvalue weighted by Gasteiger charge is 2.50. The lowest BCUT2D eigenvalue weighted by molar-refractivity contribution is -0.921. The molecule has 1 aliphatic carbocycles. The number of likely N-dealkylation sites (N-methyl/N-ethyl adjacent to an activating group) is 1. The van der Waals surface area contributed by atoms with Gasteiger partial charge in [-0.25, -0.2) is 4.79 Å². The van der Waals surface area contributed by atoms with Gasteiger partial charge < -0.3 is 14.3 Å². The summed E-state index contributed by atoms with van der Waals surface area (Å²) < 4.78 is 6.73. The quantitative estimate of drug-likeness (QED) is 0.446. The number of hydrogen-bond donors (Lipinski definition) is 1. The Bertz CT molecular complexity index is 1100. The van der Waals surface area contributed by atoms with E-state index in [9.17, 15) is 9.90 Å². The molecule has 0 spiro atoms. The number of benzene rings is 2. The monoisotopic (exact) mass is 444 g/mol. The van der Waals surface area contributed by atoms with Crippen molar-refractivity contribution in [3.8, 4) is 11.1 Å². The summed E-state index contributed by atoms with van der Waals surface area (Å²) >= 11 is 0. The number of nitrogens with zero attached hydrogens (tertiary/aromatic N) is 3. The van der Waals surface area contributed by atoms with Crippen molar-refractivity contribution in [2.45, 2.75) is 37.3 Å². The number of aliphatic hydroxyl groups is 1. The fraction of sp³-hybridized carbons (Fsp3) is 0.370. The van der Waals surface area contributed by atoms with Crippen LogP contribution in [0.5, 0.6) is 0 Å². The number of quaternary nitrogens is 1. The van der Waals surface area contributed by atoms with Gasteiger partial charge in [-0.1, -0.05) is 48.5 Å². The predicted octanol–water partition coefficient (Wildman–Crippen LogP) is 3.48. The van der Waals surface area contributed by atoms with Crippen LogP contribution in [0.1, 0.15) is 36.1 Å². The summed E-state index contributed by atoms with van der Waals surface area (Å²) in [6.45, 7) is 2.38. The van der Waals surface area contributed by atoms with Crippen LogP contribution in [0.2, 0.25) is 0 Å². The Morgan fingerprint density at radius 1 is 1.12 bits per heavy atom. The average molecular weight is 445 g/mol. The van der Waals surface area contributed by atoms with Crippen LogP contribution in [0.4, 0.5) is 0 Å². The van der Waals surface area contributed by atoms with E-state index in [0.29, 0.717) is 17.7 Å². The van der Waals surface area contributed by atoms with Crippen LogP contribution in [0.25, 0.3) is 11.1 Å². The van der Waals surface area contributed by atoms with E-state index in [0.717, 1.165) is 60.1 Å². The van der Waals surface area contributed by atoms with Crippen molar-refractivity contribution in [3.05, 3.63) is 83.9 Å². The van der Waals surface area contributed by atoms with Crippen LogP contribution < -0.4 is 0 Å². The summed E-state index contributed by atoms with van der Waals surface area (Å²) in [6, 6.07) is 15.3. The lowest BCUT2D eigenvalue weighted by Crippen LogP contribution is -2.51. The molecule has 1 aromatic heterocycles. The topological polar surface area (TPSA) is 72.3 Å². The molecule has 1 N–H and O–H groups in total. The third-order valence-electron chi connectivity index (χ3n) is 7.43. The van der Waals surface area contributed by atoms with Gasteiger partial charge in [0.2, 0.25) is 5.60 Å². The van der Waals surface area contributed by atoms with Gasteiger partial charge in [0.05, 0.1) is 25.8 Å². The molecule has 1 aliphatic heterocycles. The Balaban J connectivity index is 1.27. The average Bonchev–Trinajstić information content (AvgIpc) is 3.34. The maximum absolute atomic E-state index is 13.4. The summed E-state index contributed by atoms with van der Waals surface area (Å²) in [5.74, 6) is -0.585. The van der Waals surface area contributed by atoms with Crippen molar-refractivity contribution in [3.63, 3.8) is 0 Å². The molecule has 0 bridgehead atoms. The number of ether oxygens (including phenoxy) is 1. The van der Waals surface area contributed by atoms with Crippen molar-refractivity contribution >= 4 is 5.97 Å². The van der Waals surface area contributed by atoms with Gasteiger partial charge in [0.25, 0.3) is 0 Å². The van der Waals surface area contributed by atoms with Crippen molar-refractivity contribution in [2.24, 2.45) is 0 Å². The zero-order valence-corrected chi connectivity index (χ0v) is 19.0. The van der Waals surface area contributed by atoms with Gasteiger partial charge in [0.1, 0.15) is 12.6 Å². The van der Waals surface area contributed by atoms with Crippen molar-refractivity contribution in [1.29, 1.82) is 0 Å². The molecule has 1 unspecified atom stereocenters. The first-order valence-corrected chi connectivity index (χ1v) is 11.7. The van der Waals surface area contributed by atoms with Gasteiger partial charge >= 0.3 is 5.97 Å². The number of esters is 1. The minimum Gasteiger partial charge on any atom is -0.457 e. The third-order valence-corrected chi connectivity index (χ3v) is 7.43. The molecule has 2 heterocycles. The minimum atomic E-state index is -1.76. The van der Waals surface area contributed by atoms with Gasteiger partial charge in [0.15, 0.2) is 0 Å². The van der Waals surface area contributed by atoms with Gasteiger partial charge in [0, 0.05) is 49.0 Å². The summed E-state index contributed by atoms with van der Waals surface area (Å²) in [5, 5.41) is 11.6. The van der Waals surface area contributed by atoms with Gasteiger partial charge in [-0.05, 0) is 17.5 Å². The highest BCUT2D eigenvalue weighted by molar-refractivity contribution is 5.96. The van der Waals surface area contributed by atoms with E-state index < -0.39 is 11.6 Å². The molecule has 3 aromatic rings. The first-order valence-electron chi connectivity index (χ1n) is 11.7. The molecule has 2 aliphatic rings. The van der Waals surface area contributed by atoms with Crippen LogP contribution in [0, 0.1) is 0 Å². The first-order chi connectivity index (χ1) is 16.0. The first kappa shape index (κ1) is 21.7. The SMILES string of the molecule is C[N@+]1(CCCc2cnccn2)CCCC1COC(=O)C1(O)c2ccccc2-c2ccccc21. The second-order valence-corrected chi connectivity index (χ2v) is 9.42. The number of fused-ring (bicyclic) bond motifs is 3. The van der Waals surface area contributed by atoms with E-state index in [2.05, 4.69) is 17.0 Å². The molecule has 1 saturated heterocycles. The highest BCUT2D eigenvalue weighted by Crippen LogP contribution is 2.48. The lowest BCUT2D eigenvalue weighted by Gasteiger charge is -2.36. The van der Waals surface area contributed by atoms with Crippen LogP contribution in [0.3, 0.4) is 0 Å². The van der Waals surface area contributed by atoms with E-state index in [-0.39, 0.29) is 6.04 Å². The number of aromatic nitrogens is 2. The number of aryl methyl sites for hydroxylation is 1. The molecule has 2 atom stereocenters. The Labute approximate surface area is 194 Å². The van der Waals surface area contributed by atoms with E-state index in [1.807, 2.05) is 54.7 Å². The lowest BCUT2D eigenvalue weighted by atomic mass is 9.91. The fourth-order valence-electron chi connectivity index (χ4n) is 5.53. The molecule has 5 rings (SSSR count). The largest absolute Gasteiger partial charge is 0.457 e. The zero-order valence-electron chi connectivity index (χ0n) is 19.0. The van der Waals surface area contributed by atoms with E-state index in [1.54, 1.807) is 12.4 Å². The number of carbonyl (C=O) groups excluding carboxylic acids is 1. The molecule has 6 heteroatoms. The summed E-state index contributed by atoms with van der Waals surface area (Å²) in [6.07, 6.45) is 9.26. The standard InChI is InChI=1S/C27H30N3O3/c1-30(16-6-8-20-18-28-14-15-29-20)17-7-9-21(30)19-33-26(31)27(32)24-12-4-2-10-22(24)23-11-3-5-13-25(23)27/h2-5,10-15,18,21,32H,6-9,16-17,19H2,1H3/q+1/t21?,30-/m0/s1. The molecule has 0 radical (unpaired) electrons. The summed E-state index contributed by atoms with van der Waals surface area (Å²) in [4.78, 5) is 21.9. The maximum atomic E-state index is 13.4. The maximum Gasteiger partial charge on any atom is 0.347 e. The molecular formula is C27H30N3O3+. The Hall–Kier alpha value is -3.09. The molecule has 6 nitrogen and oxygen atoms in total. The van der Waals surface area contributed by atoms with Gasteiger partial charge in [-0.3, -0.25) is 9.97 Å². The van der Waals surface area contributed by atoms with Crippen LogP contribution in [-0.2, 0) is 21.6 Å². The second kappa shape index (κ2) is 8.69. The second-order valence-electron chi connectivity index (χ2n) is 9.42. The van der Waals surface area contributed by atoms with Crippen LogP contribution >= 0.6 is 0 Å². The molecule has 0 saturated carbocycles. The molecule has 2 aromatic carbocycles. The van der Waals surface area contributed by atoms with Crippen LogP contribution in [0.15, 0.2) is 67.1 Å². The Morgan fingerprint density at radius 3 is 2.48 bits per heavy atom. The minimum absolute atomic E-state index is 0.228. The Morgan fingerprint density at radius 2 is 1.82 bits per heavy atom. The van der Waals surface area contributed by atoms with Crippen LogP contribution in [-0.4, -0.2) is 58.3 Å². The predicted molar refractivity (Wildman–Crippen MR) is 125 cm³/mol. The summed E-state index contributed by atoms with van der Waals surface area (Å²) in [7, 11) is 2.25. The zero-order chi connectivity index (χ0) is 22.9. The van der Waals surface area contributed by atoms with Crippen molar-refractivity contribution < 1.29 is 19.1 Å². The molecular weight excluding hydrogens is 414 g/mol. The molecule has 1 fully saturated rings.